The van der Waals surface area contributed by atoms with Gasteiger partial charge in [0.1, 0.15) is 5.82 Å². The molecule has 0 atom stereocenters. The van der Waals surface area contributed by atoms with Crippen LogP contribution in [0.5, 0.6) is 0 Å². The lowest BCUT2D eigenvalue weighted by atomic mass is 10.1. The number of amides is 1. The van der Waals surface area contributed by atoms with E-state index in [0.717, 1.165) is 22.0 Å². The van der Waals surface area contributed by atoms with Gasteiger partial charge in [-0.05, 0) is 42.3 Å². The Morgan fingerprint density at radius 3 is 2.71 bits per heavy atom. The van der Waals surface area contributed by atoms with Crippen molar-refractivity contribution < 1.29 is 13.7 Å². The molecular formula is C20H14Cl2FN3O2. The minimum atomic E-state index is -0.720. The number of aryl methyl sites for hydroxylation is 1. The van der Waals surface area contributed by atoms with E-state index < -0.39 is 11.7 Å². The average molecular weight is 418 g/mol. The monoisotopic (exact) mass is 417 g/mol. The molecule has 0 aliphatic rings. The van der Waals surface area contributed by atoms with Crippen LogP contribution in [0.1, 0.15) is 21.6 Å². The normalized spacial score (nSPS) is 11.3. The zero-order valence-electron chi connectivity index (χ0n) is 14.7. The topological polar surface area (TPSA) is 74.0 Å². The van der Waals surface area contributed by atoms with E-state index in [4.69, 9.17) is 33.5 Å². The Balaban J connectivity index is 1.91. The third-order valence-corrected chi connectivity index (χ3v) is 5.11. The van der Waals surface area contributed by atoms with Gasteiger partial charge < -0.3 is 14.8 Å². The van der Waals surface area contributed by atoms with E-state index in [0.29, 0.717) is 22.2 Å². The van der Waals surface area contributed by atoms with Gasteiger partial charge in [0.15, 0.2) is 11.5 Å². The number of aromatic nitrogens is 2. The van der Waals surface area contributed by atoms with Crippen molar-refractivity contribution in [1.29, 1.82) is 0 Å². The molecule has 1 amide bonds. The van der Waals surface area contributed by atoms with Crippen molar-refractivity contribution in [3.63, 3.8) is 0 Å². The molecule has 0 unspecified atom stereocenters. The molecule has 0 saturated heterocycles. The minimum absolute atomic E-state index is 0.0250. The van der Waals surface area contributed by atoms with E-state index in [2.05, 4.69) is 5.16 Å². The van der Waals surface area contributed by atoms with Gasteiger partial charge in [-0.3, -0.25) is 4.79 Å². The maximum Gasteiger partial charge on any atom is 0.270 e. The summed E-state index contributed by atoms with van der Waals surface area (Å²) in [5.74, 6) is -0.896. The molecular weight excluding hydrogens is 404 g/mol. The molecule has 0 aliphatic carbocycles. The first kappa shape index (κ1) is 18.5. The molecule has 2 N–H and O–H groups in total. The van der Waals surface area contributed by atoms with E-state index in [1.807, 2.05) is 23.8 Å². The van der Waals surface area contributed by atoms with Crippen LogP contribution in [-0.4, -0.2) is 15.6 Å². The molecule has 5 nitrogen and oxygen atoms in total. The summed E-state index contributed by atoms with van der Waals surface area (Å²) in [6.45, 7) is 2.33. The van der Waals surface area contributed by atoms with E-state index in [-0.39, 0.29) is 11.5 Å². The van der Waals surface area contributed by atoms with Gasteiger partial charge in [0, 0.05) is 39.8 Å². The molecule has 4 rings (SSSR count). The lowest BCUT2D eigenvalue weighted by molar-refractivity contribution is 0.0992. The third-order valence-electron chi connectivity index (χ3n) is 4.52. The highest BCUT2D eigenvalue weighted by Crippen LogP contribution is 2.34. The Kier molecular flexibility index (Phi) is 4.61. The molecule has 2 aromatic carbocycles. The second kappa shape index (κ2) is 6.96. The summed E-state index contributed by atoms with van der Waals surface area (Å²) in [5.41, 5.74) is 8.16. The molecule has 0 radical (unpaired) electrons. The fraction of sp³-hybridized carbons (Fsp3) is 0.100. The number of carbonyl (C=O) groups excluding carboxylic acids is 1. The van der Waals surface area contributed by atoms with Crippen LogP contribution in [0.3, 0.4) is 0 Å². The summed E-state index contributed by atoms with van der Waals surface area (Å²) in [5, 5.41) is 5.46. The van der Waals surface area contributed by atoms with Gasteiger partial charge in [0.05, 0.1) is 5.52 Å². The molecule has 28 heavy (non-hydrogen) atoms. The number of halogens is 3. The fourth-order valence-electron chi connectivity index (χ4n) is 3.24. The van der Waals surface area contributed by atoms with E-state index in [9.17, 15) is 9.18 Å². The predicted molar refractivity (Wildman–Crippen MR) is 106 cm³/mol. The Hall–Kier alpha value is -2.83. The van der Waals surface area contributed by atoms with E-state index in [1.54, 1.807) is 12.1 Å². The molecule has 0 aliphatic heterocycles. The van der Waals surface area contributed by atoms with Crippen LogP contribution >= 0.6 is 23.2 Å². The lowest BCUT2D eigenvalue weighted by Gasteiger charge is -2.10. The van der Waals surface area contributed by atoms with Gasteiger partial charge in [-0.25, -0.2) is 4.39 Å². The highest BCUT2D eigenvalue weighted by Gasteiger charge is 2.19. The Morgan fingerprint density at radius 1 is 1.25 bits per heavy atom. The number of benzene rings is 2. The molecule has 2 heterocycles. The summed E-state index contributed by atoms with van der Waals surface area (Å²) < 4.78 is 21.5. The van der Waals surface area contributed by atoms with Crippen LogP contribution < -0.4 is 5.73 Å². The first-order valence-electron chi connectivity index (χ1n) is 8.33. The molecule has 142 valence electrons. The van der Waals surface area contributed by atoms with Crippen molar-refractivity contribution in [3.8, 4) is 11.3 Å². The maximum atomic E-state index is 14.3. The molecule has 0 bridgehead atoms. The second-order valence-corrected chi connectivity index (χ2v) is 7.31. The summed E-state index contributed by atoms with van der Waals surface area (Å²) in [6.07, 6.45) is 1.91. The van der Waals surface area contributed by atoms with Gasteiger partial charge >= 0.3 is 0 Å². The lowest BCUT2D eigenvalue weighted by Crippen LogP contribution is -2.10. The number of rotatable bonds is 4. The highest BCUT2D eigenvalue weighted by molar-refractivity contribution is 6.35. The zero-order valence-corrected chi connectivity index (χ0v) is 16.2. The van der Waals surface area contributed by atoms with Crippen molar-refractivity contribution in [2.45, 2.75) is 13.5 Å². The first-order chi connectivity index (χ1) is 13.3. The van der Waals surface area contributed by atoms with Crippen molar-refractivity contribution >= 4 is 40.0 Å². The third kappa shape index (κ3) is 3.25. The number of nitrogens with zero attached hydrogens (tertiary/aromatic N) is 2. The van der Waals surface area contributed by atoms with Gasteiger partial charge in [0.25, 0.3) is 5.91 Å². The quantitative estimate of drug-likeness (QED) is 0.495. The summed E-state index contributed by atoms with van der Waals surface area (Å²) >= 11 is 12.3. The second-order valence-electron chi connectivity index (χ2n) is 6.47. The number of carbonyl (C=O) groups is 1. The van der Waals surface area contributed by atoms with Crippen LogP contribution in [-0.2, 0) is 6.54 Å². The predicted octanol–water partition coefficient (Wildman–Crippen LogP) is 5.20. The minimum Gasteiger partial charge on any atom is -0.364 e. The van der Waals surface area contributed by atoms with Crippen LogP contribution in [0.2, 0.25) is 10.0 Å². The average Bonchev–Trinajstić information content (AvgIpc) is 3.23. The SMILES string of the molecule is Cc1cn(Cc2ccc(Cl)cc2Cl)c2c(-c3cc(C(N)=O)no3)cc(F)cc12. The van der Waals surface area contributed by atoms with Gasteiger partial charge in [-0.15, -0.1) is 0 Å². The molecule has 2 aromatic heterocycles. The van der Waals surface area contributed by atoms with E-state index in [1.165, 1.54) is 18.2 Å². The number of hydrogen-bond acceptors (Lipinski definition) is 3. The molecule has 0 spiro atoms. The van der Waals surface area contributed by atoms with Gasteiger partial charge in [-0.1, -0.05) is 34.4 Å². The Morgan fingerprint density at radius 2 is 2.04 bits per heavy atom. The van der Waals surface area contributed by atoms with E-state index >= 15 is 0 Å². The van der Waals surface area contributed by atoms with Crippen LogP contribution in [0.4, 0.5) is 4.39 Å². The molecule has 0 fully saturated rings. The van der Waals surface area contributed by atoms with Gasteiger partial charge in [0.2, 0.25) is 0 Å². The molecule has 8 heteroatoms. The maximum absolute atomic E-state index is 14.3. The number of primary amides is 1. The van der Waals surface area contributed by atoms with Crippen molar-refractivity contribution in [2.24, 2.45) is 5.73 Å². The number of fused-ring (bicyclic) bond motifs is 1. The van der Waals surface area contributed by atoms with Crippen LogP contribution in [0, 0.1) is 12.7 Å². The fourth-order valence-corrected chi connectivity index (χ4v) is 3.71. The Bertz CT molecular complexity index is 1230. The number of nitrogens with two attached hydrogens (primary N) is 1. The highest BCUT2D eigenvalue weighted by atomic mass is 35.5. The summed E-state index contributed by atoms with van der Waals surface area (Å²) in [6, 6.07) is 9.48. The summed E-state index contributed by atoms with van der Waals surface area (Å²) in [4.78, 5) is 11.3. The van der Waals surface area contributed by atoms with Crippen LogP contribution in [0.15, 0.2) is 47.1 Å². The standard InChI is InChI=1S/C20H14Cl2FN3O2/c1-10-8-26(9-11-2-3-12(21)4-16(11)22)19-14(10)5-13(23)6-15(19)18-7-17(20(24)27)25-28-18/h2-8H,9H2,1H3,(H2,24,27). The molecule has 0 saturated carbocycles. The first-order valence-corrected chi connectivity index (χ1v) is 9.09. The smallest absolute Gasteiger partial charge is 0.270 e. The van der Waals surface area contributed by atoms with Crippen LogP contribution in [0.25, 0.3) is 22.2 Å². The zero-order chi connectivity index (χ0) is 20.0. The van der Waals surface area contributed by atoms with Gasteiger partial charge in [-0.2, -0.15) is 0 Å². The largest absolute Gasteiger partial charge is 0.364 e. The molecule has 4 aromatic rings. The summed E-state index contributed by atoms with van der Waals surface area (Å²) in [7, 11) is 0. The van der Waals surface area contributed by atoms with Crippen molar-refractivity contribution in [1.82, 2.24) is 9.72 Å². The number of hydrogen-bond donors (Lipinski definition) is 1. The van der Waals surface area contributed by atoms with Crippen molar-refractivity contribution in [2.75, 3.05) is 0 Å². The Labute approximate surface area is 169 Å². The van der Waals surface area contributed by atoms with Crippen molar-refractivity contribution in [3.05, 3.63) is 75.3 Å².